The van der Waals surface area contributed by atoms with Gasteiger partial charge in [0, 0.05) is 36.5 Å². The Morgan fingerprint density at radius 1 is 1.32 bits per heavy atom. The fraction of sp³-hybridized carbons (Fsp3) is 0.500. The van der Waals surface area contributed by atoms with Crippen molar-refractivity contribution >= 4 is 29.4 Å². The summed E-state index contributed by atoms with van der Waals surface area (Å²) in [5, 5.41) is 6.19. The minimum absolute atomic E-state index is 0.0592. The molecule has 1 aromatic rings. The average Bonchev–Trinajstić information content (AvgIpc) is 3.31. The lowest BCUT2D eigenvalue weighted by Crippen LogP contribution is -2.42. The topological polar surface area (TPSA) is 78.5 Å². The zero-order valence-corrected chi connectivity index (χ0v) is 15.1. The lowest BCUT2D eigenvalue weighted by Gasteiger charge is -2.19. The van der Waals surface area contributed by atoms with Crippen molar-refractivity contribution in [1.82, 2.24) is 15.5 Å². The Morgan fingerprint density at radius 3 is 2.84 bits per heavy atom. The number of nitrogens with zero attached hydrogens (tertiary/aromatic N) is 1. The highest BCUT2D eigenvalue weighted by molar-refractivity contribution is 7.99. The molecule has 2 aliphatic heterocycles. The molecule has 25 heavy (non-hydrogen) atoms. The first kappa shape index (κ1) is 17.9. The first-order valence-corrected chi connectivity index (χ1v) is 9.69. The van der Waals surface area contributed by atoms with Crippen molar-refractivity contribution in [2.75, 3.05) is 31.3 Å². The highest BCUT2D eigenvalue weighted by Gasteiger charge is 2.33. The Kier molecular flexibility index (Phi) is 5.75. The van der Waals surface area contributed by atoms with Crippen LogP contribution in [0.4, 0.5) is 0 Å². The molecule has 0 aromatic heterocycles. The van der Waals surface area contributed by atoms with Crippen LogP contribution >= 0.6 is 11.8 Å². The Balaban J connectivity index is 1.49. The maximum Gasteiger partial charge on any atom is 0.251 e. The number of hydrogen-bond acceptors (Lipinski definition) is 5. The van der Waals surface area contributed by atoms with Crippen molar-refractivity contribution in [3.05, 3.63) is 35.4 Å². The monoisotopic (exact) mass is 361 g/mol. The molecule has 2 fully saturated rings. The Morgan fingerprint density at radius 2 is 2.12 bits per heavy atom. The first-order valence-electron chi connectivity index (χ1n) is 8.53. The van der Waals surface area contributed by atoms with Crippen LogP contribution in [0.15, 0.2) is 24.3 Å². The van der Waals surface area contributed by atoms with E-state index in [9.17, 15) is 14.4 Å². The van der Waals surface area contributed by atoms with Crippen molar-refractivity contribution in [2.24, 2.45) is 5.92 Å². The van der Waals surface area contributed by atoms with Gasteiger partial charge in [0.25, 0.3) is 5.91 Å². The number of rotatable bonds is 5. The molecule has 2 heterocycles. The van der Waals surface area contributed by atoms with Gasteiger partial charge >= 0.3 is 0 Å². The minimum atomic E-state index is -0.186. The molecule has 1 aromatic carbocycles. The van der Waals surface area contributed by atoms with Gasteiger partial charge in [-0.05, 0) is 31.4 Å². The molecular formula is C18H23N3O3S. The fourth-order valence-electron chi connectivity index (χ4n) is 3.18. The van der Waals surface area contributed by atoms with Gasteiger partial charge in [0.05, 0.1) is 11.9 Å². The van der Waals surface area contributed by atoms with Crippen molar-refractivity contribution in [1.29, 1.82) is 0 Å². The standard InChI is InChI=1S/C18H23N3O3S/c1-12(22)14-3-2-4-15(8-14)17(23)20-10-13-7-16(19-9-13)18(24)21-5-6-25-11-21/h2-4,8,13,16,19H,5-7,9-11H2,1H3,(H,20,23). The third kappa shape index (κ3) is 4.41. The van der Waals surface area contributed by atoms with E-state index in [0.717, 1.165) is 31.1 Å². The molecular weight excluding hydrogens is 338 g/mol. The Labute approximate surface area is 151 Å². The number of carbonyl (C=O) groups is 3. The predicted octanol–water partition coefficient (Wildman–Crippen LogP) is 1.13. The minimum Gasteiger partial charge on any atom is -0.352 e. The van der Waals surface area contributed by atoms with Gasteiger partial charge in [0.1, 0.15) is 0 Å². The Hall–Kier alpha value is -1.86. The van der Waals surface area contributed by atoms with E-state index in [0.29, 0.717) is 17.7 Å². The molecule has 0 radical (unpaired) electrons. The molecule has 6 nitrogen and oxygen atoms in total. The van der Waals surface area contributed by atoms with Gasteiger partial charge < -0.3 is 15.5 Å². The molecule has 2 unspecified atom stereocenters. The van der Waals surface area contributed by atoms with E-state index < -0.39 is 0 Å². The smallest absolute Gasteiger partial charge is 0.251 e. The molecule has 7 heteroatoms. The lowest BCUT2D eigenvalue weighted by atomic mass is 10.0. The summed E-state index contributed by atoms with van der Waals surface area (Å²) in [6.07, 6.45) is 0.744. The van der Waals surface area contributed by atoms with E-state index in [1.54, 1.807) is 36.0 Å². The summed E-state index contributed by atoms with van der Waals surface area (Å²) in [5.74, 6) is 1.96. The number of benzene rings is 1. The largest absolute Gasteiger partial charge is 0.352 e. The molecule has 2 N–H and O–H groups in total. The van der Waals surface area contributed by atoms with Crippen molar-refractivity contribution in [3.8, 4) is 0 Å². The number of ketones is 1. The van der Waals surface area contributed by atoms with Gasteiger partial charge in [0.15, 0.2) is 5.78 Å². The molecule has 0 aliphatic carbocycles. The Bertz CT molecular complexity index is 673. The van der Waals surface area contributed by atoms with Gasteiger partial charge in [0.2, 0.25) is 5.91 Å². The van der Waals surface area contributed by atoms with Crippen LogP contribution in [0.3, 0.4) is 0 Å². The maximum atomic E-state index is 12.4. The van der Waals surface area contributed by atoms with Crippen LogP contribution in [0.25, 0.3) is 0 Å². The van der Waals surface area contributed by atoms with Crippen LogP contribution in [0.1, 0.15) is 34.1 Å². The van der Waals surface area contributed by atoms with Crippen LogP contribution in [0, 0.1) is 5.92 Å². The molecule has 0 spiro atoms. The molecule has 2 amide bonds. The van der Waals surface area contributed by atoms with Gasteiger partial charge in [-0.15, -0.1) is 11.8 Å². The molecule has 2 aliphatic rings. The van der Waals surface area contributed by atoms with Gasteiger partial charge in [-0.1, -0.05) is 12.1 Å². The van der Waals surface area contributed by atoms with E-state index in [-0.39, 0.29) is 29.6 Å². The second kappa shape index (κ2) is 8.01. The molecule has 0 bridgehead atoms. The zero-order chi connectivity index (χ0) is 17.8. The van der Waals surface area contributed by atoms with Crippen molar-refractivity contribution in [2.45, 2.75) is 19.4 Å². The SMILES string of the molecule is CC(=O)c1cccc(C(=O)NCC2CNC(C(=O)N3CCSC3)C2)c1. The van der Waals surface area contributed by atoms with Crippen LogP contribution in [-0.4, -0.2) is 59.8 Å². The second-order valence-electron chi connectivity index (χ2n) is 6.55. The maximum absolute atomic E-state index is 12.4. The molecule has 2 saturated heterocycles. The summed E-state index contributed by atoms with van der Waals surface area (Å²) in [6, 6.07) is 6.59. The fourth-order valence-corrected chi connectivity index (χ4v) is 4.13. The van der Waals surface area contributed by atoms with E-state index in [1.165, 1.54) is 6.92 Å². The summed E-state index contributed by atoms with van der Waals surface area (Å²) in [6.45, 7) is 3.56. The lowest BCUT2D eigenvalue weighted by molar-refractivity contribution is -0.131. The van der Waals surface area contributed by atoms with E-state index in [1.807, 2.05) is 4.90 Å². The highest BCUT2D eigenvalue weighted by Crippen LogP contribution is 2.20. The third-order valence-corrected chi connectivity index (χ3v) is 5.63. The normalized spacial score (nSPS) is 22.8. The van der Waals surface area contributed by atoms with Crippen LogP contribution in [0.2, 0.25) is 0 Å². The van der Waals surface area contributed by atoms with E-state index in [2.05, 4.69) is 10.6 Å². The molecule has 3 rings (SSSR count). The van der Waals surface area contributed by atoms with Crippen LogP contribution < -0.4 is 10.6 Å². The predicted molar refractivity (Wildman–Crippen MR) is 97.7 cm³/mol. The number of thioether (sulfide) groups is 1. The third-order valence-electron chi connectivity index (χ3n) is 4.67. The number of hydrogen-bond donors (Lipinski definition) is 2. The van der Waals surface area contributed by atoms with Crippen molar-refractivity contribution < 1.29 is 14.4 Å². The molecule has 134 valence electrons. The first-order chi connectivity index (χ1) is 12.0. The number of amides is 2. The van der Waals surface area contributed by atoms with Gasteiger partial charge in [-0.25, -0.2) is 0 Å². The summed E-state index contributed by atoms with van der Waals surface area (Å²) in [5.41, 5.74) is 1.02. The molecule has 0 saturated carbocycles. The average molecular weight is 361 g/mol. The molecule has 2 atom stereocenters. The zero-order valence-electron chi connectivity index (χ0n) is 14.3. The summed E-state index contributed by atoms with van der Waals surface area (Å²) in [7, 11) is 0. The van der Waals surface area contributed by atoms with E-state index >= 15 is 0 Å². The van der Waals surface area contributed by atoms with Gasteiger partial charge in [-0.2, -0.15) is 0 Å². The summed E-state index contributed by atoms with van der Waals surface area (Å²) in [4.78, 5) is 38.0. The van der Waals surface area contributed by atoms with Gasteiger partial charge in [-0.3, -0.25) is 14.4 Å². The quantitative estimate of drug-likeness (QED) is 0.769. The van der Waals surface area contributed by atoms with E-state index in [4.69, 9.17) is 0 Å². The van der Waals surface area contributed by atoms with Crippen LogP contribution in [0.5, 0.6) is 0 Å². The van der Waals surface area contributed by atoms with Crippen molar-refractivity contribution in [3.63, 3.8) is 0 Å². The number of Topliss-reactive ketones (excluding diaryl/α,β-unsaturated/α-hetero) is 1. The van der Waals surface area contributed by atoms with Crippen LogP contribution in [-0.2, 0) is 4.79 Å². The second-order valence-corrected chi connectivity index (χ2v) is 7.62. The number of nitrogens with one attached hydrogen (secondary N) is 2. The summed E-state index contributed by atoms with van der Waals surface area (Å²) < 4.78 is 0. The number of carbonyl (C=O) groups excluding carboxylic acids is 3. The highest BCUT2D eigenvalue weighted by atomic mass is 32.2. The summed E-state index contributed by atoms with van der Waals surface area (Å²) >= 11 is 1.78.